The summed E-state index contributed by atoms with van der Waals surface area (Å²) in [5.74, 6) is 0.813. The number of esters is 1. The molecular formula is C12H16O2. The third-order valence-corrected chi connectivity index (χ3v) is 1.80. The first-order valence-electron chi connectivity index (χ1n) is 4.85. The van der Waals surface area contributed by atoms with Gasteiger partial charge in [0.2, 0.25) is 0 Å². The van der Waals surface area contributed by atoms with Crippen molar-refractivity contribution >= 4 is 5.97 Å². The van der Waals surface area contributed by atoms with Gasteiger partial charge in [0.25, 0.3) is 0 Å². The highest BCUT2D eigenvalue weighted by Gasteiger charge is 2.06. The predicted octanol–water partition coefficient (Wildman–Crippen LogP) is 2.95. The Hall–Kier alpha value is -1.31. The van der Waals surface area contributed by atoms with E-state index in [1.807, 2.05) is 39.0 Å². The van der Waals surface area contributed by atoms with Crippen LogP contribution in [0.25, 0.3) is 0 Å². The first kappa shape index (κ1) is 10.8. The van der Waals surface area contributed by atoms with Crippen molar-refractivity contribution < 1.29 is 9.53 Å². The molecule has 2 heteroatoms. The number of hydrogen-bond donors (Lipinski definition) is 0. The fourth-order valence-electron chi connectivity index (χ4n) is 1.19. The van der Waals surface area contributed by atoms with Gasteiger partial charge in [0, 0.05) is 6.42 Å². The molecule has 2 nitrogen and oxygen atoms in total. The Morgan fingerprint density at radius 2 is 2.14 bits per heavy atom. The van der Waals surface area contributed by atoms with Gasteiger partial charge in [-0.1, -0.05) is 26.0 Å². The minimum atomic E-state index is -0.161. The summed E-state index contributed by atoms with van der Waals surface area (Å²) < 4.78 is 5.17. The highest BCUT2D eigenvalue weighted by molar-refractivity contribution is 5.72. The Balaban J connectivity index is 2.56. The number of hydrogen-bond acceptors (Lipinski definition) is 2. The van der Waals surface area contributed by atoms with Crippen LogP contribution in [0, 0.1) is 12.8 Å². The topological polar surface area (TPSA) is 26.3 Å². The van der Waals surface area contributed by atoms with Gasteiger partial charge in [-0.05, 0) is 30.5 Å². The van der Waals surface area contributed by atoms with Crippen LogP contribution < -0.4 is 4.74 Å². The fourth-order valence-corrected chi connectivity index (χ4v) is 1.19. The Kier molecular flexibility index (Phi) is 3.69. The number of carbonyl (C=O) groups excluding carboxylic acids is 1. The Bertz CT molecular complexity index is 316. The standard InChI is InChI=1S/C12H16O2/c1-9(2)7-12(13)14-11-6-4-5-10(3)8-11/h4-6,8-9H,7H2,1-3H3. The molecule has 0 aliphatic rings. The molecule has 0 radical (unpaired) electrons. The average Bonchev–Trinajstić information content (AvgIpc) is 2.01. The van der Waals surface area contributed by atoms with E-state index < -0.39 is 0 Å². The normalized spacial score (nSPS) is 10.3. The van der Waals surface area contributed by atoms with Crippen LogP contribution in [-0.2, 0) is 4.79 Å². The lowest BCUT2D eigenvalue weighted by Gasteiger charge is -2.06. The minimum absolute atomic E-state index is 0.161. The molecule has 1 aromatic carbocycles. The number of rotatable bonds is 3. The van der Waals surface area contributed by atoms with Crippen molar-refractivity contribution in [3.05, 3.63) is 29.8 Å². The molecule has 0 spiro atoms. The number of benzene rings is 1. The molecule has 0 unspecified atom stereocenters. The van der Waals surface area contributed by atoms with Crippen LogP contribution in [-0.4, -0.2) is 5.97 Å². The van der Waals surface area contributed by atoms with Gasteiger partial charge in [-0.3, -0.25) is 4.79 Å². The molecule has 0 aliphatic heterocycles. The maximum absolute atomic E-state index is 11.3. The maximum atomic E-state index is 11.3. The number of ether oxygens (including phenoxy) is 1. The molecule has 0 aliphatic carbocycles. The lowest BCUT2D eigenvalue weighted by molar-refractivity contribution is -0.135. The second-order valence-corrected chi connectivity index (χ2v) is 3.89. The minimum Gasteiger partial charge on any atom is -0.427 e. The van der Waals surface area contributed by atoms with Crippen molar-refractivity contribution in [3.8, 4) is 5.75 Å². The van der Waals surface area contributed by atoms with Gasteiger partial charge in [-0.2, -0.15) is 0 Å². The maximum Gasteiger partial charge on any atom is 0.311 e. The van der Waals surface area contributed by atoms with Crippen LogP contribution in [0.1, 0.15) is 25.8 Å². The lowest BCUT2D eigenvalue weighted by atomic mass is 10.1. The molecule has 0 atom stereocenters. The van der Waals surface area contributed by atoms with Crippen molar-refractivity contribution in [1.29, 1.82) is 0 Å². The van der Waals surface area contributed by atoms with E-state index in [0.717, 1.165) is 5.56 Å². The average molecular weight is 192 g/mol. The molecule has 0 aromatic heterocycles. The summed E-state index contributed by atoms with van der Waals surface area (Å²) in [4.78, 5) is 11.3. The zero-order valence-corrected chi connectivity index (χ0v) is 8.91. The molecule has 0 bridgehead atoms. The van der Waals surface area contributed by atoms with Crippen LogP contribution in [0.5, 0.6) is 5.75 Å². The first-order chi connectivity index (χ1) is 6.58. The van der Waals surface area contributed by atoms with E-state index in [1.165, 1.54) is 0 Å². The van der Waals surface area contributed by atoms with Crippen LogP contribution >= 0.6 is 0 Å². The van der Waals surface area contributed by atoms with Gasteiger partial charge in [0.05, 0.1) is 0 Å². The molecule has 0 fully saturated rings. The van der Waals surface area contributed by atoms with Crippen LogP contribution in [0.2, 0.25) is 0 Å². The summed E-state index contributed by atoms with van der Waals surface area (Å²) in [7, 11) is 0. The highest BCUT2D eigenvalue weighted by atomic mass is 16.5. The monoisotopic (exact) mass is 192 g/mol. The molecule has 0 saturated heterocycles. The molecule has 1 rings (SSSR count). The molecule has 76 valence electrons. The van der Waals surface area contributed by atoms with E-state index in [1.54, 1.807) is 6.07 Å². The molecule has 0 amide bonds. The van der Waals surface area contributed by atoms with Gasteiger partial charge in [0.1, 0.15) is 5.75 Å². The van der Waals surface area contributed by atoms with Crippen molar-refractivity contribution in [2.75, 3.05) is 0 Å². The fraction of sp³-hybridized carbons (Fsp3) is 0.417. The van der Waals surface area contributed by atoms with Crippen LogP contribution in [0.15, 0.2) is 24.3 Å². The summed E-state index contributed by atoms with van der Waals surface area (Å²) in [6.07, 6.45) is 0.466. The summed E-state index contributed by atoms with van der Waals surface area (Å²) >= 11 is 0. The molecule has 14 heavy (non-hydrogen) atoms. The van der Waals surface area contributed by atoms with Crippen molar-refractivity contribution in [2.24, 2.45) is 5.92 Å². The Labute approximate surface area is 84.9 Å². The van der Waals surface area contributed by atoms with Crippen molar-refractivity contribution in [3.63, 3.8) is 0 Å². The summed E-state index contributed by atoms with van der Waals surface area (Å²) in [6, 6.07) is 7.51. The third-order valence-electron chi connectivity index (χ3n) is 1.80. The van der Waals surface area contributed by atoms with Gasteiger partial charge in [-0.25, -0.2) is 0 Å². The van der Waals surface area contributed by atoms with Crippen molar-refractivity contribution in [2.45, 2.75) is 27.2 Å². The quantitative estimate of drug-likeness (QED) is 0.543. The SMILES string of the molecule is Cc1cccc(OC(=O)CC(C)C)c1. The summed E-state index contributed by atoms with van der Waals surface area (Å²) in [5, 5.41) is 0. The van der Waals surface area contributed by atoms with E-state index in [-0.39, 0.29) is 5.97 Å². The van der Waals surface area contributed by atoms with E-state index in [0.29, 0.717) is 18.1 Å². The molecule has 0 N–H and O–H groups in total. The van der Waals surface area contributed by atoms with Gasteiger partial charge >= 0.3 is 5.97 Å². The lowest BCUT2D eigenvalue weighted by Crippen LogP contribution is -2.10. The van der Waals surface area contributed by atoms with Crippen LogP contribution in [0.4, 0.5) is 0 Å². The van der Waals surface area contributed by atoms with E-state index in [2.05, 4.69) is 0 Å². The largest absolute Gasteiger partial charge is 0.427 e. The Morgan fingerprint density at radius 3 is 2.71 bits per heavy atom. The van der Waals surface area contributed by atoms with E-state index >= 15 is 0 Å². The first-order valence-corrected chi connectivity index (χ1v) is 4.85. The van der Waals surface area contributed by atoms with Gasteiger partial charge in [0.15, 0.2) is 0 Å². The molecule has 0 heterocycles. The molecular weight excluding hydrogens is 176 g/mol. The number of aryl methyl sites for hydroxylation is 1. The smallest absolute Gasteiger partial charge is 0.311 e. The molecule has 1 aromatic rings. The van der Waals surface area contributed by atoms with Gasteiger partial charge < -0.3 is 4.74 Å². The van der Waals surface area contributed by atoms with Gasteiger partial charge in [-0.15, -0.1) is 0 Å². The van der Waals surface area contributed by atoms with Crippen molar-refractivity contribution in [1.82, 2.24) is 0 Å². The second-order valence-electron chi connectivity index (χ2n) is 3.89. The Morgan fingerprint density at radius 1 is 1.43 bits per heavy atom. The van der Waals surface area contributed by atoms with E-state index in [9.17, 15) is 4.79 Å². The zero-order valence-electron chi connectivity index (χ0n) is 8.91. The predicted molar refractivity (Wildman–Crippen MR) is 56.3 cm³/mol. The third kappa shape index (κ3) is 3.60. The summed E-state index contributed by atoms with van der Waals surface area (Å²) in [5.41, 5.74) is 1.10. The highest BCUT2D eigenvalue weighted by Crippen LogP contribution is 2.14. The number of carbonyl (C=O) groups is 1. The van der Waals surface area contributed by atoms with Crippen LogP contribution in [0.3, 0.4) is 0 Å². The van der Waals surface area contributed by atoms with E-state index in [4.69, 9.17) is 4.74 Å². The zero-order chi connectivity index (χ0) is 10.6. The molecule has 0 saturated carbocycles. The second kappa shape index (κ2) is 4.80. The summed E-state index contributed by atoms with van der Waals surface area (Å²) in [6.45, 7) is 5.97.